The van der Waals surface area contributed by atoms with E-state index in [0.717, 1.165) is 62.5 Å². The van der Waals surface area contributed by atoms with Crippen molar-refractivity contribution in [3.8, 4) is 23.0 Å². The smallest absolute Gasteiger partial charge is 0.257 e. The molecule has 0 bridgehead atoms. The number of rotatable bonds is 4. The maximum Gasteiger partial charge on any atom is 0.257 e. The fourth-order valence-electron chi connectivity index (χ4n) is 6.48. The van der Waals surface area contributed by atoms with Gasteiger partial charge >= 0.3 is 0 Å². The standard InChI is InChI=1S/C29H31N5O3/c35-26(17-22-4-7-25-28(32-22)37-15-14-36-25)33-12-8-29(9-13-33)18-34(19-29)24-6-3-20-16-21(2-5-23(20)24)27-30-10-1-11-31-27/h1-2,4-5,7,10-11,16,24H,3,6,8-9,12-15,17-19H2. The maximum absolute atomic E-state index is 13.0. The monoisotopic (exact) mass is 497 g/mol. The quantitative estimate of drug-likeness (QED) is 0.546. The number of carbonyl (C=O) groups is 1. The number of pyridine rings is 1. The third-order valence-electron chi connectivity index (χ3n) is 8.50. The van der Waals surface area contributed by atoms with Crippen LogP contribution in [0.4, 0.5) is 0 Å². The van der Waals surface area contributed by atoms with E-state index in [-0.39, 0.29) is 5.91 Å². The summed E-state index contributed by atoms with van der Waals surface area (Å²) in [6, 6.07) is 12.8. The van der Waals surface area contributed by atoms with E-state index in [1.807, 2.05) is 23.1 Å². The van der Waals surface area contributed by atoms with Gasteiger partial charge in [0.25, 0.3) is 5.88 Å². The van der Waals surface area contributed by atoms with Gasteiger partial charge in [-0.1, -0.05) is 12.1 Å². The number of ether oxygens (including phenoxy) is 2. The zero-order chi connectivity index (χ0) is 24.8. The Morgan fingerprint density at radius 3 is 2.68 bits per heavy atom. The lowest BCUT2D eigenvalue weighted by molar-refractivity contribution is -0.136. The van der Waals surface area contributed by atoms with Crippen LogP contribution in [0.5, 0.6) is 11.6 Å². The number of nitrogens with zero attached hydrogens (tertiary/aromatic N) is 5. The van der Waals surface area contributed by atoms with Crippen LogP contribution in [0, 0.1) is 5.41 Å². The van der Waals surface area contributed by atoms with E-state index >= 15 is 0 Å². The number of benzene rings is 1. The van der Waals surface area contributed by atoms with Crippen LogP contribution in [0.3, 0.4) is 0 Å². The van der Waals surface area contributed by atoms with E-state index < -0.39 is 0 Å². The normalized spacial score (nSPS) is 21.9. The second-order valence-corrected chi connectivity index (χ2v) is 10.8. The predicted molar refractivity (Wildman–Crippen MR) is 137 cm³/mol. The molecule has 0 N–H and O–H groups in total. The highest BCUT2D eigenvalue weighted by Gasteiger charge is 2.48. The van der Waals surface area contributed by atoms with Gasteiger partial charge in [-0.25, -0.2) is 15.0 Å². The molecule has 1 spiro atoms. The molecular weight excluding hydrogens is 466 g/mol. The van der Waals surface area contributed by atoms with Gasteiger partial charge in [0.05, 0.1) is 12.1 Å². The Labute approximate surface area is 216 Å². The lowest BCUT2D eigenvalue weighted by Crippen LogP contribution is -2.61. The molecule has 190 valence electrons. The molecule has 8 heteroatoms. The van der Waals surface area contributed by atoms with Crippen LogP contribution in [0.2, 0.25) is 0 Å². The maximum atomic E-state index is 13.0. The molecule has 2 aromatic heterocycles. The van der Waals surface area contributed by atoms with Crippen LogP contribution >= 0.6 is 0 Å². The first-order valence-corrected chi connectivity index (χ1v) is 13.3. The van der Waals surface area contributed by atoms with Gasteiger partial charge < -0.3 is 14.4 Å². The molecule has 1 atom stereocenters. The van der Waals surface area contributed by atoms with E-state index in [4.69, 9.17) is 9.47 Å². The van der Waals surface area contributed by atoms with Crippen LogP contribution in [-0.2, 0) is 17.6 Å². The number of fused-ring (bicyclic) bond motifs is 2. The van der Waals surface area contributed by atoms with Crippen molar-refractivity contribution in [1.29, 1.82) is 0 Å². The molecule has 8 nitrogen and oxygen atoms in total. The molecule has 0 saturated carbocycles. The molecule has 7 rings (SSSR count). The Balaban J connectivity index is 0.940. The van der Waals surface area contributed by atoms with Crippen LogP contribution in [-0.4, -0.2) is 70.1 Å². The van der Waals surface area contributed by atoms with E-state index in [9.17, 15) is 4.79 Å². The van der Waals surface area contributed by atoms with Crippen LogP contribution in [0.15, 0.2) is 48.8 Å². The average Bonchev–Trinajstić information content (AvgIpc) is 3.35. The molecule has 1 aromatic carbocycles. The molecule has 1 amide bonds. The molecular formula is C29H31N5O3. The molecule has 4 aliphatic rings. The van der Waals surface area contributed by atoms with Crippen molar-refractivity contribution >= 4 is 5.91 Å². The van der Waals surface area contributed by atoms with Crippen molar-refractivity contribution in [2.24, 2.45) is 5.41 Å². The van der Waals surface area contributed by atoms with Gasteiger partial charge in [-0.2, -0.15) is 0 Å². The summed E-state index contributed by atoms with van der Waals surface area (Å²) in [5.41, 5.74) is 5.10. The number of amides is 1. The topological polar surface area (TPSA) is 80.7 Å². The van der Waals surface area contributed by atoms with Crippen molar-refractivity contribution in [1.82, 2.24) is 24.8 Å². The summed E-state index contributed by atoms with van der Waals surface area (Å²) < 4.78 is 11.1. The van der Waals surface area contributed by atoms with Crippen molar-refractivity contribution < 1.29 is 14.3 Å². The minimum Gasteiger partial charge on any atom is -0.484 e. The number of hydrogen-bond acceptors (Lipinski definition) is 7. The van der Waals surface area contributed by atoms with Gasteiger partial charge in [0.2, 0.25) is 5.91 Å². The van der Waals surface area contributed by atoms with Crippen LogP contribution in [0.1, 0.15) is 42.1 Å². The number of piperidine rings is 1. The third-order valence-corrected chi connectivity index (χ3v) is 8.50. The summed E-state index contributed by atoms with van der Waals surface area (Å²) in [7, 11) is 0. The highest BCUT2D eigenvalue weighted by Crippen LogP contribution is 2.48. The summed E-state index contributed by atoms with van der Waals surface area (Å²) in [4.78, 5) is 31.0. The van der Waals surface area contributed by atoms with E-state index in [2.05, 4.69) is 38.1 Å². The van der Waals surface area contributed by atoms with Crippen molar-refractivity contribution in [2.75, 3.05) is 39.4 Å². The molecule has 5 heterocycles. The number of hydrogen-bond donors (Lipinski definition) is 0. The summed E-state index contributed by atoms with van der Waals surface area (Å²) in [5, 5.41) is 0. The fourth-order valence-corrected chi connectivity index (χ4v) is 6.48. The number of aryl methyl sites for hydroxylation is 1. The third kappa shape index (κ3) is 4.23. The molecule has 37 heavy (non-hydrogen) atoms. The Hall–Kier alpha value is -3.52. The number of aromatic nitrogens is 3. The number of carbonyl (C=O) groups excluding carboxylic acids is 1. The van der Waals surface area contributed by atoms with Gasteiger partial charge in [-0.3, -0.25) is 9.69 Å². The summed E-state index contributed by atoms with van der Waals surface area (Å²) in [6.45, 7) is 4.97. The first-order chi connectivity index (χ1) is 18.2. The molecule has 2 fully saturated rings. The first kappa shape index (κ1) is 22.7. The molecule has 2 saturated heterocycles. The van der Waals surface area contributed by atoms with Crippen molar-refractivity contribution in [3.05, 3.63) is 65.6 Å². The number of likely N-dealkylation sites (tertiary alicyclic amines) is 2. The summed E-state index contributed by atoms with van der Waals surface area (Å²) >= 11 is 0. The van der Waals surface area contributed by atoms with Gasteiger partial charge in [0.1, 0.15) is 13.2 Å². The molecule has 3 aromatic rings. The van der Waals surface area contributed by atoms with Gasteiger partial charge in [0.15, 0.2) is 11.6 Å². The van der Waals surface area contributed by atoms with Crippen LogP contribution in [0.25, 0.3) is 11.4 Å². The predicted octanol–water partition coefficient (Wildman–Crippen LogP) is 3.46. The minimum absolute atomic E-state index is 0.151. The van der Waals surface area contributed by atoms with Crippen molar-refractivity contribution in [3.63, 3.8) is 0 Å². The Morgan fingerprint density at radius 2 is 1.84 bits per heavy atom. The van der Waals surface area contributed by atoms with Gasteiger partial charge in [-0.15, -0.1) is 0 Å². The molecule has 3 aliphatic heterocycles. The van der Waals surface area contributed by atoms with Crippen LogP contribution < -0.4 is 9.47 Å². The Bertz CT molecular complexity index is 1310. The zero-order valence-corrected chi connectivity index (χ0v) is 20.9. The lowest BCUT2D eigenvalue weighted by atomic mass is 9.71. The second kappa shape index (κ2) is 9.10. The average molecular weight is 498 g/mol. The summed E-state index contributed by atoms with van der Waals surface area (Å²) in [5.74, 6) is 2.11. The molecule has 1 unspecified atom stereocenters. The van der Waals surface area contributed by atoms with Gasteiger partial charge in [-0.05, 0) is 66.5 Å². The van der Waals surface area contributed by atoms with Gasteiger partial charge in [0, 0.05) is 50.2 Å². The molecule has 1 aliphatic carbocycles. The first-order valence-electron chi connectivity index (χ1n) is 13.3. The lowest BCUT2D eigenvalue weighted by Gasteiger charge is -2.56. The van der Waals surface area contributed by atoms with Crippen molar-refractivity contribution in [2.45, 2.75) is 38.1 Å². The largest absolute Gasteiger partial charge is 0.484 e. The highest BCUT2D eigenvalue weighted by atomic mass is 16.6. The second-order valence-electron chi connectivity index (χ2n) is 10.8. The SMILES string of the molecule is O=C(Cc1ccc2c(n1)OCCO2)N1CCC2(CC1)CN(C1CCc3cc(-c4ncccn4)ccc31)C2. The summed E-state index contributed by atoms with van der Waals surface area (Å²) in [6.07, 6.45) is 8.35. The highest BCUT2D eigenvalue weighted by molar-refractivity contribution is 5.78. The fraction of sp³-hybridized carbons (Fsp3) is 0.448. The Kier molecular flexibility index (Phi) is 5.57. The minimum atomic E-state index is 0.151. The Morgan fingerprint density at radius 1 is 1.03 bits per heavy atom. The van der Waals surface area contributed by atoms with E-state index in [1.165, 1.54) is 17.5 Å². The zero-order valence-electron chi connectivity index (χ0n) is 20.9. The van der Waals surface area contributed by atoms with E-state index in [0.29, 0.717) is 42.7 Å². The van der Waals surface area contributed by atoms with E-state index in [1.54, 1.807) is 12.4 Å². The molecule has 0 radical (unpaired) electrons.